The molecule has 4 rings (SSSR count). The molecule has 0 aliphatic carbocycles. The third kappa shape index (κ3) is 5.84. The summed E-state index contributed by atoms with van der Waals surface area (Å²) >= 11 is 0. The molecule has 0 radical (unpaired) electrons. The number of hydrogen-bond donors (Lipinski definition) is 2. The van der Waals surface area contributed by atoms with Gasteiger partial charge in [0.2, 0.25) is 11.9 Å². The number of nitrogens with zero attached hydrogens (tertiary/aromatic N) is 5. The van der Waals surface area contributed by atoms with E-state index in [-0.39, 0.29) is 17.2 Å². The molecule has 39 heavy (non-hydrogen) atoms. The molecule has 0 saturated heterocycles. The second-order valence-corrected chi connectivity index (χ2v) is 9.22. The van der Waals surface area contributed by atoms with Crippen LogP contribution in [0.1, 0.15) is 12.5 Å². The first-order chi connectivity index (χ1) is 18.7. The van der Waals surface area contributed by atoms with Crippen LogP contribution >= 0.6 is 0 Å². The van der Waals surface area contributed by atoms with Gasteiger partial charge in [-0.2, -0.15) is 4.98 Å². The molecule has 200 valence electrons. The Morgan fingerprint density at radius 1 is 1.13 bits per heavy atom. The number of aromatic nitrogens is 3. The number of hydrogen-bond acceptors (Lipinski definition) is 8. The molecule has 0 fully saturated rings. The summed E-state index contributed by atoms with van der Waals surface area (Å²) in [5.74, 6) is 2.97. The van der Waals surface area contributed by atoms with Gasteiger partial charge < -0.3 is 25.2 Å². The number of anilines is 4. The van der Waals surface area contributed by atoms with Crippen molar-refractivity contribution < 1.29 is 9.53 Å². The van der Waals surface area contributed by atoms with Crippen LogP contribution in [0, 0.1) is 12.3 Å². The van der Waals surface area contributed by atoms with Crippen LogP contribution in [0.5, 0.6) is 5.75 Å². The van der Waals surface area contributed by atoms with Gasteiger partial charge in [0.1, 0.15) is 11.4 Å². The fourth-order valence-electron chi connectivity index (χ4n) is 4.11. The highest BCUT2D eigenvalue weighted by molar-refractivity contribution is 5.96. The maximum Gasteiger partial charge on any atom is 0.281 e. The Morgan fingerprint density at radius 3 is 2.51 bits per heavy atom. The molecular formula is C29H31N7O3. The van der Waals surface area contributed by atoms with E-state index in [0.29, 0.717) is 28.2 Å². The molecule has 10 nitrogen and oxygen atoms in total. The first-order valence-corrected chi connectivity index (χ1v) is 12.3. The molecule has 2 aromatic heterocycles. The Morgan fingerprint density at radius 2 is 1.87 bits per heavy atom. The van der Waals surface area contributed by atoms with Gasteiger partial charge in [-0.1, -0.05) is 24.1 Å². The average Bonchev–Trinajstić information content (AvgIpc) is 2.92. The zero-order valence-electron chi connectivity index (χ0n) is 22.6. The molecule has 0 aliphatic heterocycles. The van der Waals surface area contributed by atoms with Crippen molar-refractivity contribution in [3.05, 3.63) is 70.6 Å². The predicted molar refractivity (Wildman–Crippen MR) is 155 cm³/mol. The van der Waals surface area contributed by atoms with Gasteiger partial charge >= 0.3 is 0 Å². The minimum Gasteiger partial charge on any atom is -0.494 e. The molecule has 0 aliphatic rings. The Balaban J connectivity index is 1.81. The van der Waals surface area contributed by atoms with E-state index in [0.717, 1.165) is 18.8 Å². The van der Waals surface area contributed by atoms with Crippen LogP contribution in [0.4, 0.5) is 23.0 Å². The molecule has 2 N–H and O–H groups in total. The van der Waals surface area contributed by atoms with Crippen LogP contribution in [0.25, 0.3) is 16.7 Å². The van der Waals surface area contributed by atoms with E-state index in [9.17, 15) is 9.59 Å². The molecule has 4 aromatic rings. The van der Waals surface area contributed by atoms with Gasteiger partial charge in [-0.15, -0.1) is 6.42 Å². The van der Waals surface area contributed by atoms with Crippen molar-refractivity contribution in [2.75, 3.05) is 56.9 Å². The number of terminal acetylenes is 1. The monoisotopic (exact) mass is 525 g/mol. The summed E-state index contributed by atoms with van der Waals surface area (Å²) in [6.45, 7) is 3.08. The normalized spacial score (nSPS) is 10.8. The number of para-hydroxylation sites is 1. The van der Waals surface area contributed by atoms with Gasteiger partial charge in [-0.25, -0.2) is 4.98 Å². The van der Waals surface area contributed by atoms with E-state index in [2.05, 4.69) is 36.3 Å². The van der Waals surface area contributed by atoms with Crippen LogP contribution in [0.3, 0.4) is 0 Å². The summed E-state index contributed by atoms with van der Waals surface area (Å²) in [6.07, 6.45) is 7.32. The van der Waals surface area contributed by atoms with E-state index in [4.69, 9.17) is 11.2 Å². The summed E-state index contributed by atoms with van der Waals surface area (Å²) in [7, 11) is 7.70. The van der Waals surface area contributed by atoms with Crippen molar-refractivity contribution in [2.24, 2.45) is 0 Å². The Hall–Kier alpha value is -4.88. The van der Waals surface area contributed by atoms with E-state index in [1.54, 1.807) is 25.4 Å². The van der Waals surface area contributed by atoms with Gasteiger partial charge in [0.05, 0.1) is 29.4 Å². The molecule has 0 bridgehead atoms. The first kappa shape index (κ1) is 27.2. The molecule has 0 spiro atoms. The lowest BCUT2D eigenvalue weighted by Crippen LogP contribution is -2.28. The van der Waals surface area contributed by atoms with Gasteiger partial charge in [0.25, 0.3) is 5.56 Å². The summed E-state index contributed by atoms with van der Waals surface area (Å²) in [6, 6.07) is 14.8. The smallest absolute Gasteiger partial charge is 0.281 e. The van der Waals surface area contributed by atoms with E-state index in [1.165, 1.54) is 11.5 Å². The Bertz CT molecular complexity index is 1610. The van der Waals surface area contributed by atoms with Gasteiger partial charge in [0, 0.05) is 45.0 Å². The number of pyridine rings is 1. The van der Waals surface area contributed by atoms with Crippen molar-refractivity contribution in [3.8, 4) is 23.8 Å². The van der Waals surface area contributed by atoms with Crippen molar-refractivity contribution in [2.45, 2.75) is 6.92 Å². The fourth-order valence-corrected chi connectivity index (χ4v) is 4.11. The predicted octanol–water partition coefficient (Wildman–Crippen LogP) is 3.47. The molecule has 0 saturated carbocycles. The highest BCUT2D eigenvalue weighted by Crippen LogP contribution is 2.32. The van der Waals surface area contributed by atoms with E-state index < -0.39 is 11.5 Å². The lowest BCUT2D eigenvalue weighted by atomic mass is 10.1. The minimum absolute atomic E-state index is 0.00121. The van der Waals surface area contributed by atoms with E-state index in [1.807, 2.05) is 57.5 Å². The number of rotatable bonds is 9. The van der Waals surface area contributed by atoms with Gasteiger partial charge in [-0.3, -0.25) is 14.2 Å². The number of fused-ring (bicyclic) bond motifs is 1. The van der Waals surface area contributed by atoms with Crippen LogP contribution in [-0.4, -0.2) is 66.7 Å². The van der Waals surface area contributed by atoms with Crippen LogP contribution < -0.4 is 25.8 Å². The second kappa shape index (κ2) is 11.7. The second-order valence-electron chi connectivity index (χ2n) is 9.22. The molecule has 10 heteroatoms. The largest absolute Gasteiger partial charge is 0.494 e. The number of carbonyl (C=O) groups excluding carboxylic acids is 1. The number of methoxy groups -OCH3 is 1. The van der Waals surface area contributed by atoms with Crippen molar-refractivity contribution in [1.29, 1.82) is 0 Å². The molecular weight excluding hydrogens is 494 g/mol. The summed E-state index contributed by atoms with van der Waals surface area (Å²) < 4.78 is 7.06. The van der Waals surface area contributed by atoms with Crippen molar-refractivity contribution in [3.63, 3.8) is 0 Å². The zero-order chi connectivity index (χ0) is 28.1. The summed E-state index contributed by atoms with van der Waals surface area (Å²) in [4.78, 5) is 38.9. The van der Waals surface area contributed by atoms with Crippen molar-refractivity contribution >= 4 is 40.0 Å². The van der Waals surface area contributed by atoms with E-state index >= 15 is 0 Å². The zero-order valence-corrected chi connectivity index (χ0v) is 22.6. The standard InChI is InChI=1S/C29H31N7O3/c1-7-22-23-18-30-29(32-24-14-13-21(17-25(24)39-6)35(5)16-15-34(3)4)33-27(23)36(20-11-9-8-10-12-20)28(38)26(22)31-19(2)37/h1,8-14,17-18H,15-16H2,2-6H3,(H,31,37)(H,30,32,33). The highest BCUT2D eigenvalue weighted by Gasteiger charge is 2.20. The Labute approximate surface area is 227 Å². The van der Waals surface area contributed by atoms with Crippen LogP contribution in [0.15, 0.2) is 59.5 Å². The lowest BCUT2D eigenvalue weighted by molar-refractivity contribution is -0.114. The first-order valence-electron chi connectivity index (χ1n) is 12.3. The minimum atomic E-state index is -0.496. The number of amides is 1. The van der Waals surface area contributed by atoms with Crippen molar-refractivity contribution in [1.82, 2.24) is 19.4 Å². The fraction of sp³-hybridized carbons (Fsp3) is 0.241. The molecule has 2 heterocycles. The maximum atomic E-state index is 13.6. The number of ether oxygens (including phenoxy) is 1. The number of benzene rings is 2. The third-order valence-corrected chi connectivity index (χ3v) is 6.13. The van der Waals surface area contributed by atoms with Gasteiger partial charge in [0.15, 0.2) is 5.65 Å². The molecule has 2 aromatic carbocycles. The molecule has 0 unspecified atom stereocenters. The van der Waals surface area contributed by atoms with Crippen LogP contribution in [0.2, 0.25) is 0 Å². The molecule has 0 atom stereocenters. The summed E-state index contributed by atoms with van der Waals surface area (Å²) in [5, 5.41) is 6.23. The molecule has 1 amide bonds. The quantitative estimate of drug-likeness (QED) is 0.320. The lowest BCUT2D eigenvalue weighted by Gasteiger charge is -2.23. The number of nitrogens with one attached hydrogen (secondary N) is 2. The Kier molecular flexibility index (Phi) is 8.13. The average molecular weight is 526 g/mol. The van der Waals surface area contributed by atoms with Gasteiger partial charge in [-0.05, 0) is 38.4 Å². The number of carbonyl (C=O) groups is 1. The summed E-state index contributed by atoms with van der Waals surface area (Å²) in [5.41, 5.74) is 2.24. The topological polar surface area (TPSA) is 105 Å². The van der Waals surface area contributed by atoms with Crippen LogP contribution in [-0.2, 0) is 4.79 Å². The third-order valence-electron chi connectivity index (χ3n) is 6.13. The maximum absolute atomic E-state index is 13.6. The number of likely N-dealkylation sites (N-methyl/N-ethyl adjacent to an activating group) is 2. The highest BCUT2D eigenvalue weighted by atomic mass is 16.5. The SMILES string of the molecule is C#Cc1c(NC(C)=O)c(=O)n(-c2ccccc2)c2nc(Nc3ccc(N(C)CCN(C)C)cc3OC)ncc12.